The molecule has 3 aromatic heterocycles. The van der Waals surface area contributed by atoms with E-state index in [0.29, 0.717) is 34.6 Å². The molecule has 1 fully saturated rings. The minimum atomic E-state index is -0.541. The number of hydrogen-bond donors (Lipinski definition) is 3. The maximum absolute atomic E-state index is 11.7. The zero-order valence-electron chi connectivity index (χ0n) is 18.0. The number of nitrogens with zero attached hydrogens (tertiary/aromatic N) is 6. The van der Waals surface area contributed by atoms with Crippen molar-refractivity contribution < 1.29 is 14.6 Å². The van der Waals surface area contributed by atoms with Gasteiger partial charge in [-0.25, -0.2) is 9.50 Å². The summed E-state index contributed by atoms with van der Waals surface area (Å²) >= 11 is 0. The summed E-state index contributed by atoms with van der Waals surface area (Å²) in [5.41, 5.74) is 7.27. The third-order valence-electron chi connectivity index (χ3n) is 5.76. The van der Waals surface area contributed by atoms with E-state index >= 15 is 0 Å². The van der Waals surface area contributed by atoms with Crippen LogP contribution in [0.5, 0.6) is 5.75 Å². The van der Waals surface area contributed by atoms with Gasteiger partial charge in [0.15, 0.2) is 5.82 Å². The van der Waals surface area contributed by atoms with Crippen LogP contribution in [0.3, 0.4) is 0 Å². The average Bonchev–Trinajstić information content (AvgIpc) is 3.58. The van der Waals surface area contributed by atoms with Crippen LogP contribution in [0.1, 0.15) is 23.2 Å². The number of amides is 1. The lowest BCUT2D eigenvalue weighted by Gasteiger charge is -2.23. The second-order valence-corrected chi connectivity index (χ2v) is 7.85. The molecule has 4 N–H and O–H groups in total. The highest BCUT2D eigenvalue weighted by Gasteiger charge is 2.27. The van der Waals surface area contributed by atoms with Gasteiger partial charge in [-0.3, -0.25) is 4.79 Å². The fraction of sp³-hybridized carbons (Fsp3) is 0.273. The number of nitrogens with one attached hydrogen (secondary N) is 1. The van der Waals surface area contributed by atoms with Crippen molar-refractivity contribution in [1.29, 1.82) is 0 Å². The van der Waals surface area contributed by atoms with Crippen LogP contribution in [-0.2, 0) is 0 Å². The average molecular weight is 448 g/mol. The number of rotatable bonds is 7. The Balaban J connectivity index is 1.48. The first-order chi connectivity index (χ1) is 16.1. The Hall–Kier alpha value is -4.12. The molecule has 1 amide bonds. The number of aromatic nitrogens is 5. The number of hydrogen-bond acceptors (Lipinski definition) is 8. The van der Waals surface area contributed by atoms with E-state index in [-0.39, 0.29) is 12.6 Å². The zero-order chi connectivity index (χ0) is 22.9. The van der Waals surface area contributed by atoms with Crippen LogP contribution in [0.25, 0.3) is 11.2 Å². The SMILES string of the molecule is COc1cc(C(N)=O)cc(-n2cnc(Nc3nc(N4CCC[C@H]4CO)nn4cccc34)c2)c1. The summed E-state index contributed by atoms with van der Waals surface area (Å²) < 4.78 is 8.81. The van der Waals surface area contributed by atoms with Gasteiger partial charge < -0.3 is 30.4 Å². The summed E-state index contributed by atoms with van der Waals surface area (Å²) in [6.07, 6.45) is 7.16. The summed E-state index contributed by atoms with van der Waals surface area (Å²) in [7, 11) is 1.53. The Morgan fingerprint density at radius 3 is 3.03 bits per heavy atom. The molecular formula is C22H24N8O3. The molecule has 1 atom stereocenters. The maximum Gasteiger partial charge on any atom is 0.248 e. The van der Waals surface area contributed by atoms with Gasteiger partial charge in [0.1, 0.15) is 23.4 Å². The number of carbonyl (C=O) groups is 1. The Morgan fingerprint density at radius 1 is 1.36 bits per heavy atom. The Bertz CT molecular complexity index is 1310. The monoisotopic (exact) mass is 448 g/mol. The molecular weight excluding hydrogens is 424 g/mol. The molecule has 4 aromatic rings. The first-order valence-electron chi connectivity index (χ1n) is 10.6. The number of carbonyl (C=O) groups excluding carboxylic acids is 1. The van der Waals surface area contributed by atoms with Crippen LogP contribution >= 0.6 is 0 Å². The molecule has 0 bridgehead atoms. The Kier molecular flexibility index (Phi) is 5.31. The molecule has 11 nitrogen and oxygen atoms in total. The van der Waals surface area contributed by atoms with Gasteiger partial charge in [0.2, 0.25) is 11.9 Å². The predicted octanol–water partition coefficient (Wildman–Crippen LogP) is 1.73. The number of methoxy groups -OCH3 is 1. The van der Waals surface area contributed by atoms with Crippen molar-refractivity contribution in [2.24, 2.45) is 5.73 Å². The number of nitrogens with two attached hydrogens (primary N) is 1. The lowest BCUT2D eigenvalue weighted by Crippen LogP contribution is -2.34. The first kappa shape index (κ1) is 20.8. The number of anilines is 3. The van der Waals surface area contributed by atoms with Crippen molar-refractivity contribution >= 4 is 29.0 Å². The minimum Gasteiger partial charge on any atom is -0.497 e. The number of primary amides is 1. The van der Waals surface area contributed by atoms with E-state index in [1.807, 2.05) is 23.2 Å². The number of imidazole rings is 1. The summed E-state index contributed by atoms with van der Waals surface area (Å²) in [4.78, 5) is 22.9. The van der Waals surface area contributed by atoms with Crippen molar-refractivity contribution in [2.75, 3.05) is 30.5 Å². The van der Waals surface area contributed by atoms with Crippen molar-refractivity contribution in [3.05, 3.63) is 54.6 Å². The highest BCUT2D eigenvalue weighted by Crippen LogP contribution is 2.27. The lowest BCUT2D eigenvalue weighted by molar-refractivity contribution is 0.1000. The Morgan fingerprint density at radius 2 is 2.24 bits per heavy atom. The molecule has 11 heteroatoms. The van der Waals surface area contributed by atoms with Gasteiger partial charge in [0, 0.05) is 24.4 Å². The summed E-state index contributed by atoms with van der Waals surface area (Å²) in [5.74, 6) is 1.69. The van der Waals surface area contributed by atoms with Gasteiger partial charge in [-0.2, -0.15) is 4.98 Å². The van der Waals surface area contributed by atoms with Gasteiger partial charge in [-0.15, -0.1) is 5.10 Å². The highest BCUT2D eigenvalue weighted by molar-refractivity contribution is 5.93. The predicted molar refractivity (Wildman–Crippen MR) is 122 cm³/mol. The number of aliphatic hydroxyl groups is 1. The van der Waals surface area contributed by atoms with E-state index in [4.69, 9.17) is 15.5 Å². The second-order valence-electron chi connectivity index (χ2n) is 7.85. The number of aliphatic hydroxyl groups excluding tert-OH is 1. The van der Waals surface area contributed by atoms with Crippen molar-refractivity contribution in [3.8, 4) is 11.4 Å². The van der Waals surface area contributed by atoms with Crippen LogP contribution < -0.4 is 20.7 Å². The molecule has 170 valence electrons. The van der Waals surface area contributed by atoms with E-state index < -0.39 is 5.91 Å². The normalized spacial score (nSPS) is 15.8. The zero-order valence-corrected chi connectivity index (χ0v) is 18.0. The third-order valence-corrected chi connectivity index (χ3v) is 5.76. The number of benzene rings is 1. The lowest BCUT2D eigenvalue weighted by atomic mass is 10.1. The van der Waals surface area contributed by atoms with E-state index in [1.54, 1.807) is 39.8 Å². The third kappa shape index (κ3) is 3.94. The molecule has 1 aromatic carbocycles. The molecule has 33 heavy (non-hydrogen) atoms. The minimum absolute atomic E-state index is 0.0117. The molecule has 1 aliphatic rings. The van der Waals surface area contributed by atoms with Crippen LogP contribution in [0.15, 0.2) is 49.1 Å². The van der Waals surface area contributed by atoms with Crippen LogP contribution in [-0.4, -0.2) is 61.5 Å². The van der Waals surface area contributed by atoms with E-state index in [0.717, 1.165) is 24.9 Å². The fourth-order valence-electron chi connectivity index (χ4n) is 4.07. The largest absolute Gasteiger partial charge is 0.497 e. The molecule has 1 aliphatic heterocycles. The van der Waals surface area contributed by atoms with Gasteiger partial charge in [0.25, 0.3) is 0 Å². The van der Waals surface area contributed by atoms with Crippen molar-refractivity contribution in [2.45, 2.75) is 18.9 Å². The van der Waals surface area contributed by atoms with Gasteiger partial charge in [-0.1, -0.05) is 0 Å². The molecule has 0 unspecified atom stereocenters. The molecule has 0 spiro atoms. The highest BCUT2D eigenvalue weighted by atomic mass is 16.5. The second kappa shape index (κ2) is 8.43. The standard InChI is InChI=1S/C22H24N8O3/c1-33-17-9-14(20(23)32)8-16(10-17)28-11-19(24-13-28)25-21-18-5-3-7-30(18)27-22(26-21)29-6-2-4-15(29)12-31/h3,5,7-11,13,15,31H,2,4,6,12H2,1H3,(H2,23,32)(H,25,26,27)/t15-/m0/s1. The van der Waals surface area contributed by atoms with Crippen LogP contribution in [0, 0.1) is 0 Å². The molecule has 5 rings (SSSR count). The van der Waals surface area contributed by atoms with E-state index in [1.165, 1.54) is 7.11 Å². The molecule has 0 saturated carbocycles. The van der Waals surface area contributed by atoms with Gasteiger partial charge in [0.05, 0.1) is 31.6 Å². The van der Waals surface area contributed by atoms with Crippen LogP contribution in [0.2, 0.25) is 0 Å². The smallest absolute Gasteiger partial charge is 0.248 e. The number of fused-ring (bicyclic) bond motifs is 1. The van der Waals surface area contributed by atoms with E-state index in [9.17, 15) is 9.90 Å². The van der Waals surface area contributed by atoms with Crippen LogP contribution in [0.4, 0.5) is 17.6 Å². The summed E-state index contributed by atoms with van der Waals surface area (Å²) in [5, 5.41) is 17.6. The molecule has 0 aliphatic carbocycles. The molecule has 4 heterocycles. The number of ether oxygens (including phenoxy) is 1. The summed E-state index contributed by atoms with van der Waals surface area (Å²) in [6.45, 7) is 0.859. The van der Waals surface area contributed by atoms with Gasteiger partial charge >= 0.3 is 0 Å². The maximum atomic E-state index is 11.7. The first-order valence-corrected chi connectivity index (χ1v) is 10.6. The van der Waals surface area contributed by atoms with Crippen molar-refractivity contribution in [3.63, 3.8) is 0 Å². The van der Waals surface area contributed by atoms with Crippen molar-refractivity contribution in [1.82, 2.24) is 24.1 Å². The quantitative estimate of drug-likeness (QED) is 0.389. The molecule has 0 radical (unpaired) electrons. The fourth-order valence-corrected chi connectivity index (χ4v) is 4.07. The molecule has 1 saturated heterocycles. The summed E-state index contributed by atoms with van der Waals surface area (Å²) in [6, 6.07) is 8.87. The Labute approximate surface area is 189 Å². The topological polar surface area (TPSA) is 136 Å². The van der Waals surface area contributed by atoms with E-state index in [2.05, 4.69) is 15.4 Å². The van der Waals surface area contributed by atoms with Gasteiger partial charge in [-0.05, 0) is 37.1 Å².